The van der Waals surface area contributed by atoms with E-state index in [-0.39, 0.29) is 0 Å². The topological polar surface area (TPSA) is 16.1 Å². The second kappa shape index (κ2) is 4.46. The van der Waals surface area contributed by atoms with E-state index in [2.05, 4.69) is 47.3 Å². The Morgan fingerprint density at radius 1 is 1.29 bits per heavy atom. The Labute approximate surface area is 102 Å². The molecule has 1 aromatic heterocycles. The maximum absolute atomic E-state index is 4.42. The van der Waals surface area contributed by atoms with E-state index in [0.29, 0.717) is 6.04 Å². The molecular formula is C15H18N2. The van der Waals surface area contributed by atoms with Gasteiger partial charge < -0.3 is 4.90 Å². The fourth-order valence-corrected chi connectivity index (χ4v) is 2.82. The number of hydrogen-bond donors (Lipinski definition) is 0. The Balaban J connectivity index is 1.94. The van der Waals surface area contributed by atoms with Crippen LogP contribution in [-0.2, 0) is 6.42 Å². The van der Waals surface area contributed by atoms with Crippen molar-refractivity contribution in [3.63, 3.8) is 0 Å². The first-order valence-corrected chi connectivity index (χ1v) is 6.37. The van der Waals surface area contributed by atoms with Crippen molar-refractivity contribution in [2.45, 2.75) is 25.3 Å². The van der Waals surface area contributed by atoms with E-state index in [0.717, 1.165) is 11.9 Å². The van der Waals surface area contributed by atoms with Gasteiger partial charge in [0.1, 0.15) is 0 Å². The SMILES string of the molecule is CN1CCCC1Cc1ccnc2ccccc12. The first-order valence-electron chi connectivity index (χ1n) is 6.37. The van der Waals surface area contributed by atoms with E-state index in [9.17, 15) is 0 Å². The number of rotatable bonds is 2. The first kappa shape index (κ1) is 10.7. The Kier molecular flexibility index (Phi) is 2.81. The highest BCUT2D eigenvalue weighted by molar-refractivity contribution is 5.81. The summed E-state index contributed by atoms with van der Waals surface area (Å²) in [6.45, 7) is 1.24. The summed E-state index contributed by atoms with van der Waals surface area (Å²) in [6.07, 6.45) is 5.75. The molecule has 1 aliphatic heterocycles. The number of fused-ring (bicyclic) bond motifs is 1. The number of aromatic nitrogens is 1. The Morgan fingerprint density at radius 3 is 3.00 bits per heavy atom. The summed E-state index contributed by atoms with van der Waals surface area (Å²) in [5, 5.41) is 1.32. The summed E-state index contributed by atoms with van der Waals surface area (Å²) in [5.41, 5.74) is 2.56. The molecule has 2 nitrogen and oxygen atoms in total. The van der Waals surface area contributed by atoms with Crippen LogP contribution < -0.4 is 0 Å². The summed E-state index contributed by atoms with van der Waals surface area (Å²) < 4.78 is 0. The van der Waals surface area contributed by atoms with Crippen LogP contribution in [0.5, 0.6) is 0 Å². The molecule has 1 atom stereocenters. The summed E-state index contributed by atoms with van der Waals surface area (Å²) >= 11 is 0. The van der Waals surface area contributed by atoms with E-state index in [1.807, 2.05) is 6.20 Å². The van der Waals surface area contributed by atoms with Crippen LogP contribution in [0.2, 0.25) is 0 Å². The van der Waals surface area contributed by atoms with Crippen molar-refractivity contribution in [2.24, 2.45) is 0 Å². The van der Waals surface area contributed by atoms with Crippen molar-refractivity contribution in [1.29, 1.82) is 0 Å². The van der Waals surface area contributed by atoms with Gasteiger partial charge in [0.2, 0.25) is 0 Å². The van der Waals surface area contributed by atoms with Crippen LogP contribution in [-0.4, -0.2) is 29.5 Å². The lowest BCUT2D eigenvalue weighted by atomic mass is 10.0. The van der Waals surface area contributed by atoms with Crippen LogP contribution in [0, 0.1) is 0 Å². The zero-order valence-corrected chi connectivity index (χ0v) is 10.3. The molecule has 1 aliphatic rings. The summed E-state index contributed by atoms with van der Waals surface area (Å²) in [4.78, 5) is 6.90. The molecule has 0 spiro atoms. The molecule has 0 saturated carbocycles. The molecule has 17 heavy (non-hydrogen) atoms. The van der Waals surface area contributed by atoms with Crippen LogP contribution in [0.4, 0.5) is 0 Å². The standard InChI is InChI=1S/C15H18N2/c1-17-10-4-5-13(17)11-12-8-9-16-15-7-3-2-6-14(12)15/h2-3,6-9,13H,4-5,10-11H2,1H3. The van der Waals surface area contributed by atoms with Gasteiger partial charge in [-0.25, -0.2) is 0 Å². The number of likely N-dealkylation sites (tertiary alicyclic amines) is 1. The zero-order chi connectivity index (χ0) is 11.7. The molecule has 3 rings (SSSR count). The number of pyridine rings is 1. The predicted molar refractivity (Wildman–Crippen MR) is 71.1 cm³/mol. The van der Waals surface area contributed by atoms with Gasteiger partial charge in [0.15, 0.2) is 0 Å². The number of benzene rings is 1. The summed E-state index contributed by atoms with van der Waals surface area (Å²) in [7, 11) is 2.24. The van der Waals surface area contributed by atoms with E-state index in [4.69, 9.17) is 0 Å². The van der Waals surface area contributed by atoms with Gasteiger partial charge in [-0.3, -0.25) is 4.98 Å². The number of para-hydroxylation sites is 1. The minimum atomic E-state index is 0.709. The Bertz CT molecular complexity index is 516. The smallest absolute Gasteiger partial charge is 0.0704 e. The van der Waals surface area contributed by atoms with Crippen LogP contribution in [0.15, 0.2) is 36.5 Å². The first-order chi connectivity index (χ1) is 8.34. The van der Waals surface area contributed by atoms with Crippen LogP contribution in [0.25, 0.3) is 10.9 Å². The zero-order valence-electron chi connectivity index (χ0n) is 10.3. The van der Waals surface area contributed by atoms with Crippen LogP contribution >= 0.6 is 0 Å². The summed E-state index contributed by atoms with van der Waals surface area (Å²) in [6, 6.07) is 11.3. The third-order valence-electron chi connectivity index (χ3n) is 3.87. The molecule has 88 valence electrons. The van der Waals surface area contributed by atoms with Crippen LogP contribution in [0.3, 0.4) is 0 Å². The summed E-state index contributed by atoms with van der Waals surface area (Å²) in [5.74, 6) is 0. The second-order valence-corrected chi connectivity index (χ2v) is 4.97. The van der Waals surface area contributed by atoms with Gasteiger partial charge in [-0.15, -0.1) is 0 Å². The molecule has 0 aliphatic carbocycles. The lowest BCUT2D eigenvalue weighted by Crippen LogP contribution is -2.26. The molecule has 0 radical (unpaired) electrons. The third-order valence-corrected chi connectivity index (χ3v) is 3.87. The van der Waals surface area contributed by atoms with Crippen molar-refractivity contribution >= 4 is 10.9 Å². The average molecular weight is 226 g/mol. The van der Waals surface area contributed by atoms with E-state index in [1.165, 1.54) is 30.3 Å². The molecule has 1 fully saturated rings. The van der Waals surface area contributed by atoms with Crippen LogP contribution in [0.1, 0.15) is 18.4 Å². The molecule has 0 bridgehead atoms. The lowest BCUT2D eigenvalue weighted by Gasteiger charge is -2.19. The fraction of sp³-hybridized carbons (Fsp3) is 0.400. The highest BCUT2D eigenvalue weighted by Gasteiger charge is 2.21. The molecule has 1 aromatic carbocycles. The monoisotopic (exact) mass is 226 g/mol. The molecule has 0 N–H and O–H groups in total. The Morgan fingerprint density at radius 2 is 2.18 bits per heavy atom. The van der Waals surface area contributed by atoms with Gasteiger partial charge in [0.25, 0.3) is 0 Å². The minimum absolute atomic E-state index is 0.709. The van der Waals surface area contributed by atoms with Gasteiger partial charge >= 0.3 is 0 Å². The van der Waals surface area contributed by atoms with Gasteiger partial charge in [0, 0.05) is 17.6 Å². The van der Waals surface area contributed by atoms with Gasteiger partial charge in [-0.2, -0.15) is 0 Å². The van der Waals surface area contributed by atoms with E-state index >= 15 is 0 Å². The predicted octanol–water partition coefficient (Wildman–Crippen LogP) is 2.87. The highest BCUT2D eigenvalue weighted by atomic mass is 15.1. The van der Waals surface area contributed by atoms with Crippen molar-refractivity contribution < 1.29 is 0 Å². The second-order valence-electron chi connectivity index (χ2n) is 4.97. The third kappa shape index (κ3) is 2.05. The van der Waals surface area contributed by atoms with E-state index in [1.54, 1.807) is 0 Å². The normalized spacial score (nSPS) is 21.1. The Hall–Kier alpha value is -1.41. The molecule has 1 unspecified atom stereocenters. The molecule has 0 amide bonds. The maximum atomic E-state index is 4.42. The molecule has 2 heterocycles. The number of hydrogen-bond acceptors (Lipinski definition) is 2. The lowest BCUT2D eigenvalue weighted by molar-refractivity contribution is 0.310. The van der Waals surface area contributed by atoms with Gasteiger partial charge in [-0.05, 0) is 50.6 Å². The number of likely N-dealkylation sites (N-methyl/N-ethyl adjacent to an activating group) is 1. The molecular weight excluding hydrogens is 208 g/mol. The van der Waals surface area contributed by atoms with Crippen molar-refractivity contribution in [3.8, 4) is 0 Å². The fourth-order valence-electron chi connectivity index (χ4n) is 2.82. The minimum Gasteiger partial charge on any atom is -0.303 e. The maximum Gasteiger partial charge on any atom is 0.0704 e. The quantitative estimate of drug-likeness (QED) is 0.782. The average Bonchev–Trinajstić information content (AvgIpc) is 2.76. The molecule has 2 heteroatoms. The largest absolute Gasteiger partial charge is 0.303 e. The van der Waals surface area contributed by atoms with E-state index < -0.39 is 0 Å². The highest BCUT2D eigenvalue weighted by Crippen LogP contribution is 2.23. The van der Waals surface area contributed by atoms with Gasteiger partial charge in [-0.1, -0.05) is 18.2 Å². The van der Waals surface area contributed by atoms with Crippen molar-refractivity contribution in [1.82, 2.24) is 9.88 Å². The molecule has 2 aromatic rings. The van der Waals surface area contributed by atoms with Gasteiger partial charge in [0.05, 0.1) is 5.52 Å². The molecule has 1 saturated heterocycles. The van der Waals surface area contributed by atoms with Crippen molar-refractivity contribution in [2.75, 3.05) is 13.6 Å². The number of nitrogens with zero attached hydrogens (tertiary/aromatic N) is 2. The van der Waals surface area contributed by atoms with Crippen molar-refractivity contribution in [3.05, 3.63) is 42.1 Å².